The van der Waals surface area contributed by atoms with Gasteiger partial charge in [0.2, 0.25) is 0 Å². The number of thiophene rings is 1. The van der Waals surface area contributed by atoms with E-state index in [1.54, 1.807) is 0 Å². The molecule has 2 nitrogen and oxygen atoms in total. The highest BCUT2D eigenvalue weighted by molar-refractivity contribution is 7.25. The summed E-state index contributed by atoms with van der Waals surface area (Å²) in [7, 11) is 0. The number of fused-ring (bicyclic) bond motifs is 15. The first-order chi connectivity index (χ1) is 23.3. The van der Waals surface area contributed by atoms with Gasteiger partial charge in [0, 0.05) is 69.3 Å². The van der Waals surface area contributed by atoms with Gasteiger partial charge in [0.15, 0.2) is 0 Å². The molecule has 0 saturated heterocycles. The van der Waals surface area contributed by atoms with Gasteiger partial charge in [0.25, 0.3) is 0 Å². The Bertz CT molecular complexity index is 3070. The first-order valence-corrected chi connectivity index (χ1v) is 16.9. The summed E-state index contributed by atoms with van der Waals surface area (Å²) < 4.78 is 7.68. The number of hydrogen-bond donors (Lipinski definition) is 0. The molecule has 0 amide bonds. The summed E-state index contributed by atoms with van der Waals surface area (Å²) in [5.74, 6) is 0. The smallest absolute Gasteiger partial charge is 0.0627 e. The minimum Gasteiger partial charge on any atom is -0.309 e. The maximum absolute atomic E-state index is 2.56. The summed E-state index contributed by atoms with van der Waals surface area (Å²) in [5, 5.41) is 12.8. The zero-order valence-electron chi connectivity index (χ0n) is 25.3. The standard InChI is InChI=1S/C44H26N2S/c1-2-13-28(14-3-1)45-37-20-10-8-19-34(37)40-41-35-24-22-27-12-4-5-15-30(27)42(35)46(44(41)33-18-7-6-17-32(33)43(40)45)29-23-25-39-36(26-29)31-16-9-11-21-38(31)47-39/h1-26H. The highest BCUT2D eigenvalue weighted by Gasteiger charge is 2.25. The molecule has 11 rings (SSSR count). The SMILES string of the molecule is c1ccc(-n2c3ccccc3c3c4c5ccc6ccccc6c5n(-c5ccc6sc7ccccc7c6c5)c4c4ccccc4c32)cc1. The van der Waals surface area contributed by atoms with E-state index >= 15 is 0 Å². The first-order valence-electron chi connectivity index (χ1n) is 16.1. The molecule has 0 aliphatic carbocycles. The summed E-state index contributed by atoms with van der Waals surface area (Å²) in [5.41, 5.74) is 7.35. The summed E-state index contributed by atoms with van der Waals surface area (Å²) in [6.07, 6.45) is 0. The minimum absolute atomic E-state index is 1.17. The third-order valence-electron chi connectivity index (χ3n) is 10.0. The fourth-order valence-electron chi connectivity index (χ4n) is 8.16. The Hall–Kier alpha value is -5.90. The molecule has 0 N–H and O–H groups in total. The van der Waals surface area contributed by atoms with Crippen LogP contribution in [0.2, 0.25) is 0 Å². The van der Waals surface area contributed by atoms with Crippen LogP contribution in [0.15, 0.2) is 158 Å². The fourth-order valence-corrected chi connectivity index (χ4v) is 9.24. The van der Waals surface area contributed by atoms with Crippen LogP contribution in [0.5, 0.6) is 0 Å². The summed E-state index contributed by atoms with van der Waals surface area (Å²) >= 11 is 1.87. The van der Waals surface area contributed by atoms with E-state index in [0.29, 0.717) is 0 Å². The van der Waals surface area contributed by atoms with Crippen LogP contribution >= 0.6 is 11.3 Å². The molecule has 0 aliphatic heterocycles. The average Bonchev–Trinajstić information content (AvgIpc) is 3.80. The van der Waals surface area contributed by atoms with E-state index in [1.165, 1.54) is 96.7 Å². The Morgan fingerprint density at radius 3 is 1.79 bits per heavy atom. The second-order valence-electron chi connectivity index (χ2n) is 12.5. The Balaban J connectivity index is 1.44. The van der Waals surface area contributed by atoms with E-state index in [1.807, 2.05) is 11.3 Å². The lowest BCUT2D eigenvalue weighted by atomic mass is 9.98. The Labute approximate surface area is 273 Å². The second-order valence-corrected chi connectivity index (χ2v) is 13.6. The van der Waals surface area contributed by atoms with E-state index in [-0.39, 0.29) is 0 Å². The minimum atomic E-state index is 1.17. The molecule has 3 heterocycles. The monoisotopic (exact) mass is 614 g/mol. The van der Waals surface area contributed by atoms with Crippen LogP contribution in [0.3, 0.4) is 0 Å². The molecule has 218 valence electrons. The molecule has 0 unspecified atom stereocenters. The van der Waals surface area contributed by atoms with Crippen LogP contribution in [0.1, 0.15) is 0 Å². The number of rotatable bonds is 2. The van der Waals surface area contributed by atoms with Gasteiger partial charge in [-0.3, -0.25) is 0 Å². The van der Waals surface area contributed by atoms with Gasteiger partial charge in [-0.15, -0.1) is 11.3 Å². The second kappa shape index (κ2) is 9.32. The molecule has 3 aromatic heterocycles. The third-order valence-corrected chi connectivity index (χ3v) is 11.2. The van der Waals surface area contributed by atoms with E-state index in [0.717, 1.165) is 0 Å². The van der Waals surface area contributed by atoms with Crippen molar-refractivity contribution < 1.29 is 0 Å². The van der Waals surface area contributed by atoms with Crippen molar-refractivity contribution in [3.05, 3.63) is 158 Å². The number of nitrogens with zero attached hydrogens (tertiary/aromatic N) is 2. The predicted molar refractivity (Wildman–Crippen MR) is 203 cm³/mol. The number of benzene rings is 8. The van der Waals surface area contributed by atoms with Crippen LogP contribution in [-0.4, -0.2) is 9.13 Å². The molecule has 0 saturated carbocycles. The molecule has 11 aromatic rings. The van der Waals surface area contributed by atoms with Gasteiger partial charge in [-0.25, -0.2) is 0 Å². The van der Waals surface area contributed by atoms with Crippen LogP contribution in [0.4, 0.5) is 0 Å². The molecule has 8 aromatic carbocycles. The van der Waals surface area contributed by atoms with Crippen molar-refractivity contribution in [3.8, 4) is 11.4 Å². The zero-order chi connectivity index (χ0) is 30.6. The van der Waals surface area contributed by atoms with Crippen LogP contribution < -0.4 is 0 Å². The molecule has 0 radical (unpaired) electrons. The predicted octanol–water partition coefficient (Wildman–Crippen LogP) is 12.6. The molecule has 0 aliphatic rings. The average molecular weight is 615 g/mol. The maximum atomic E-state index is 2.56. The lowest BCUT2D eigenvalue weighted by Crippen LogP contribution is -1.97. The molecule has 47 heavy (non-hydrogen) atoms. The quantitative estimate of drug-likeness (QED) is 0.183. The van der Waals surface area contributed by atoms with Crippen molar-refractivity contribution in [2.75, 3.05) is 0 Å². The zero-order valence-corrected chi connectivity index (χ0v) is 26.1. The molecule has 3 heteroatoms. The van der Waals surface area contributed by atoms with Gasteiger partial charge >= 0.3 is 0 Å². The molecule has 0 atom stereocenters. The van der Waals surface area contributed by atoms with Crippen LogP contribution in [0, 0.1) is 0 Å². The largest absolute Gasteiger partial charge is 0.309 e. The fraction of sp³-hybridized carbons (Fsp3) is 0. The molecule has 0 spiro atoms. The van der Waals surface area contributed by atoms with Gasteiger partial charge in [-0.1, -0.05) is 115 Å². The van der Waals surface area contributed by atoms with E-state index in [9.17, 15) is 0 Å². The van der Waals surface area contributed by atoms with E-state index in [2.05, 4.69) is 167 Å². The maximum Gasteiger partial charge on any atom is 0.0627 e. The van der Waals surface area contributed by atoms with E-state index in [4.69, 9.17) is 0 Å². The van der Waals surface area contributed by atoms with Crippen LogP contribution in [-0.2, 0) is 0 Å². The van der Waals surface area contributed by atoms with Gasteiger partial charge in [0.1, 0.15) is 0 Å². The lowest BCUT2D eigenvalue weighted by Gasteiger charge is -2.14. The molecule has 0 fully saturated rings. The Morgan fingerprint density at radius 2 is 0.957 bits per heavy atom. The molecule has 0 bridgehead atoms. The third kappa shape index (κ3) is 3.34. The molecular weight excluding hydrogens is 589 g/mol. The first kappa shape index (κ1) is 25.3. The molecular formula is C44H26N2S. The Kier molecular flexibility index (Phi) is 5.02. The van der Waals surface area contributed by atoms with Crippen molar-refractivity contribution in [1.29, 1.82) is 0 Å². The summed E-state index contributed by atoms with van der Waals surface area (Å²) in [4.78, 5) is 0. The van der Waals surface area contributed by atoms with Gasteiger partial charge in [-0.2, -0.15) is 0 Å². The van der Waals surface area contributed by atoms with Crippen molar-refractivity contribution in [3.63, 3.8) is 0 Å². The van der Waals surface area contributed by atoms with Gasteiger partial charge < -0.3 is 9.13 Å². The van der Waals surface area contributed by atoms with Gasteiger partial charge in [0.05, 0.1) is 22.1 Å². The van der Waals surface area contributed by atoms with Crippen molar-refractivity contribution in [2.45, 2.75) is 0 Å². The highest BCUT2D eigenvalue weighted by atomic mass is 32.1. The number of aromatic nitrogens is 2. The Morgan fingerprint density at radius 1 is 0.340 bits per heavy atom. The number of hydrogen-bond acceptors (Lipinski definition) is 1. The summed E-state index contributed by atoms with van der Waals surface area (Å²) in [6, 6.07) is 58.1. The van der Waals surface area contributed by atoms with Crippen LogP contribution in [0.25, 0.3) is 96.7 Å². The van der Waals surface area contributed by atoms with Gasteiger partial charge in [-0.05, 0) is 47.9 Å². The van der Waals surface area contributed by atoms with Crippen molar-refractivity contribution >= 4 is 96.7 Å². The highest BCUT2D eigenvalue weighted by Crippen LogP contribution is 2.48. The summed E-state index contributed by atoms with van der Waals surface area (Å²) in [6.45, 7) is 0. The lowest BCUT2D eigenvalue weighted by molar-refractivity contribution is 1.18. The topological polar surface area (TPSA) is 9.86 Å². The van der Waals surface area contributed by atoms with Crippen molar-refractivity contribution in [1.82, 2.24) is 9.13 Å². The number of para-hydroxylation sites is 2. The normalized spacial score (nSPS) is 12.3. The van der Waals surface area contributed by atoms with E-state index < -0.39 is 0 Å². The van der Waals surface area contributed by atoms with Crippen molar-refractivity contribution in [2.24, 2.45) is 0 Å².